The summed E-state index contributed by atoms with van der Waals surface area (Å²) in [6.07, 6.45) is 9.91. The molecule has 1 saturated heterocycles. The summed E-state index contributed by atoms with van der Waals surface area (Å²) < 4.78 is 12.2. The van der Waals surface area contributed by atoms with E-state index in [9.17, 15) is 0 Å². The van der Waals surface area contributed by atoms with Crippen molar-refractivity contribution >= 4 is 0 Å². The highest BCUT2D eigenvalue weighted by molar-refractivity contribution is 5.11. The molecule has 5 nitrogen and oxygen atoms in total. The second-order valence-electron chi connectivity index (χ2n) is 6.51. The smallest absolute Gasteiger partial charge is 0.0992 e. The highest BCUT2D eigenvalue weighted by atomic mass is 16.5. The van der Waals surface area contributed by atoms with Crippen molar-refractivity contribution in [3.8, 4) is 0 Å². The average Bonchev–Trinajstić information content (AvgIpc) is 3.06. The molecule has 5 heteroatoms. The molecule has 3 atom stereocenters. The number of hydrogen-bond acceptors (Lipinski definition) is 5. The maximum Gasteiger partial charge on any atom is 0.0992 e. The number of morpholine rings is 1. The minimum atomic E-state index is 0.183. The molecule has 1 aliphatic carbocycles. The van der Waals surface area contributed by atoms with Gasteiger partial charge in [0.2, 0.25) is 0 Å². The molecule has 2 fully saturated rings. The molecule has 24 heavy (non-hydrogen) atoms. The van der Waals surface area contributed by atoms with Crippen molar-refractivity contribution in [2.24, 2.45) is 0 Å². The lowest BCUT2D eigenvalue weighted by molar-refractivity contribution is -0.118. The molecule has 0 bridgehead atoms. The van der Waals surface area contributed by atoms with Crippen LogP contribution in [0.4, 0.5) is 0 Å². The van der Waals surface area contributed by atoms with Gasteiger partial charge in [-0.2, -0.15) is 0 Å². The minimum Gasteiger partial charge on any atom is -0.373 e. The van der Waals surface area contributed by atoms with Crippen LogP contribution >= 0.6 is 0 Å². The van der Waals surface area contributed by atoms with E-state index in [0.717, 1.165) is 38.1 Å². The fourth-order valence-corrected chi connectivity index (χ4v) is 3.77. The van der Waals surface area contributed by atoms with Gasteiger partial charge in [-0.15, -0.1) is 0 Å². The van der Waals surface area contributed by atoms with Crippen LogP contribution in [0.2, 0.25) is 0 Å². The third kappa shape index (κ3) is 3.48. The van der Waals surface area contributed by atoms with Crippen molar-refractivity contribution in [1.82, 2.24) is 14.9 Å². The molecule has 0 aromatic carbocycles. The normalized spacial score (nSPS) is 27.1. The first-order valence-electron chi connectivity index (χ1n) is 8.65. The maximum atomic E-state index is 6.17. The number of rotatable bonds is 5. The standard InChI is InChI=1S/C19H23N3O2/c1-2-18(24-14-16-5-9-21-10-6-16)19-17(1)22(11-12-23-19)13-15-3-7-20-8-4-15/h3-10,17-19H,1-2,11-14H2/t17-,18+,19+/m0/s1. The van der Waals surface area contributed by atoms with Crippen LogP contribution in [0.5, 0.6) is 0 Å². The summed E-state index contributed by atoms with van der Waals surface area (Å²) in [6.45, 7) is 3.36. The third-order valence-corrected chi connectivity index (χ3v) is 5.00. The lowest BCUT2D eigenvalue weighted by Crippen LogP contribution is -2.51. The highest BCUT2D eigenvalue weighted by Crippen LogP contribution is 2.33. The first-order valence-corrected chi connectivity index (χ1v) is 8.65. The molecule has 4 rings (SSSR count). The van der Waals surface area contributed by atoms with Gasteiger partial charge >= 0.3 is 0 Å². The Hall–Kier alpha value is -1.82. The van der Waals surface area contributed by atoms with Crippen LogP contribution in [-0.4, -0.2) is 46.3 Å². The predicted molar refractivity (Wildman–Crippen MR) is 90.2 cm³/mol. The zero-order valence-electron chi connectivity index (χ0n) is 13.8. The number of nitrogens with zero attached hydrogens (tertiary/aromatic N) is 3. The molecule has 0 amide bonds. The lowest BCUT2D eigenvalue weighted by atomic mass is 10.1. The van der Waals surface area contributed by atoms with Crippen molar-refractivity contribution in [3.05, 3.63) is 60.2 Å². The number of fused-ring (bicyclic) bond motifs is 1. The Morgan fingerprint density at radius 3 is 2.46 bits per heavy atom. The molecule has 2 aromatic heterocycles. The van der Waals surface area contributed by atoms with Crippen molar-refractivity contribution in [1.29, 1.82) is 0 Å². The van der Waals surface area contributed by atoms with Gasteiger partial charge in [0.1, 0.15) is 0 Å². The Morgan fingerprint density at radius 2 is 1.71 bits per heavy atom. The molecule has 2 aliphatic rings. The van der Waals surface area contributed by atoms with Crippen LogP contribution in [0.1, 0.15) is 24.0 Å². The number of aromatic nitrogens is 2. The van der Waals surface area contributed by atoms with Crippen LogP contribution in [0.25, 0.3) is 0 Å². The van der Waals surface area contributed by atoms with E-state index < -0.39 is 0 Å². The topological polar surface area (TPSA) is 47.5 Å². The Kier molecular flexibility index (Phi) is 4.83. The largest absolute Gasteiger partial charge is 0.373 e. The van der Waals surface area contributed by atoms with Gasteiger partial charge in [0.15, 0.2) is 0 Å². The summed E-state index contributed by atoms with van der Waals surface area (Å²) >= 11 is 0. The number of hydrogen-bond donors (Lipinski definition) is 0. The second-order valence-corrected chi connectivity index (χ2v) is 6.51. The van der Waals surface area contributed by atoms with Gasteiger partial charge in [-0.3, -0.25) is 14.9 Å². The van der Waals surface area contributed by atoms with E-state index in [0.29, 0.717) is 12.6 Å². The minimum absolute atomic E-state index is 0.183. The molecule has 0 unspecified atom stereocenters. The summed E-state index contributed by atoms with van der Waals surface area (Å²) in [5.41, 5.74) is 2.48. The third-order valence-electron chi connectivity index (χ3n) is 5.00. The van der Waals surface area contributed by atoms with Crippen LogP contribution in [0, 0.1) is 0 Å². The fraction of sp³-hybridized carbons (Fsp3) is 0.474. The summed E-state index contributed by atoms with van der Waals surface area (Å²) in [6, 6.07) is 8.65. The molecular formula is C19H23N3O2. The van der Waals surface area contributed by atoms with Gasteiger partial charge in [-0.05, 0) is 48.2 Å². The Bertz CT molecular complexity index is 638. The van der Waals surface area contributed by atoms with Crippen LogP contribution < -0.4 is 0 Å². The predicted octanol–water partition coefficient (Wildman–Crippen LogP) is 2.43. The molecule has 0 spiro atoms. The molecular weight excluding hydrogens is 302 g/mol. The van der Waals surface area contributed by atoms with Gasteiger partial charge < -0.3 is 9.47 Å². The first kappa shape index (κ1) is 15.7. The zero-order chi connectivity index (χ0) is 16.2. The van der Waals surface area contributed by atoms with Gasteiger partial charge in [0, 0.05) is 43.9 Å². The van der Waals surface area contributed by atoms with Gasteiger partial charge in [0.25, 0.3) is 0 Å². The van der Waals surface area contributed by atoms with Gasteiger partial charge in [0.05, 0.1) is 25.4 Å². The van der Waals surface area contributed by atoms with E-state index >= 15 is 0 Å². The monoisotopic (exact) mass is 325 g/mol. The van der Waals surface area contributed by atoms with E-state index in [-0.39, 0.29) is 12.2 Å². The molecule has 1 saturated carbocycles. The molecule has 2 aromatic rings. The van der Waals surface area contributed by atoms with Gasteiger partial charge in [-0.1, -0.05) is 0 Å². The van der Waals surface area contributed by atoms with Crippen molar-refractivity contribution in [2.75, 3.05) is 13.2 Å². The lowest BCUT2D eigenvalue weighted by Gasteiger charge is -2.39. The summed E-state index contributed by atoms with van der Waals surface area (Å²) in [5.74, 6) is 0. The molecule has 0 radical (unpaired) electrons. The van der Waals surface area contributed by atoms with E-state index in [4.69, 9.17) is 9.47 Å². The maximum absolute atomic E-state index is 6.17. The molecule has 1 aliphatic heterocycles. The SMILES string of the molecule is c1cc(CO[C@@H]2CC[C@H]3[C@H]2OCCN3Cc2ccncc2)ccn1. The van der Waals surface area contributed by atoms with E-state index in [1.165, 1.54) is 5.56 Å². The summed E-state index contributed by atoms with van der Waals surface area (Å²) in [7, 11) is 0. The van der Waals surface area contributed by atoms with Crippen LogP contribution in [0.3, 0.4) is 0 Å². The van der Waals surface area contributed by atoms with Crippen LogP contribution in [-0.2, 0) is 22.6 Å². The van der Waals surface area contributed by atoms with Gasteiger partial charge in [-0.25, -0.2) is 0 Å². The molecule has 3 heterocycles. The zero-order valence-corrected chi connectivity index (χ0v) is 13.8. The first-order chi connectivity index (χ1) is 11.9. The summed E-state index contributed by atoms with van der Waals surface area (Å²) in [5, 5.41) is 0. The fourth-order valence-electron chi connectivity index (χ4n) is 3.77. The number of ether oxygens (including phenoxy) is 2. The number of pyridine rings is 2. The van der Waals surface area contributed by atoms with Crippen molar-refractivity contribution < 1.29 is 9.47 Å². The Morgan fingerprint density at radius 1 is 1.00 bits per heavy atom. The Balaban J connectivity index is 1.37. The quantitative estimate of drug-likeness (QED) is 0.845. The van der Waals surface area contributed by atoms with Crippen molar-refractivity contribution in [3.63, 3.8) is 0 Å². The van der Waals surface area contributed by atoms with E-state index in [1.54, 1.807) is 0 Å². The van der Waals surface area contributed by atoms with E-state index in [1.807, 2.05) is 36.9 Å². The Labute approximate surface area is 142 Å². The average molecular weight is 325 g/mol. The molecule has 0 N–H and O–H groups in total. The second kappa shape index (κ2) is 7.38. The van der Waals surface area contributed by atoms with Crippen LogP contribution in [0.15, 0.2) is 49.1 Å². The van der Waals surface area contributed by atoms with E-state index in [2.05, 4.69) is 27.0 Å². The van der Waals surface area contributed by atoms with Crippen molar-refractivity contribution in [2.45, 2.75) is 44.2 Å². The highest BCUT2D eigenvalue weighted by Gasteiger charge is 2.43. The summed E-state index contributed by atoms with van der Waals surface area (Å²) in [4.78, 5) is 10.7. The molecule has 126 valence electrons.